The molecule has 176 valence electrons. The Hall–Kier alpha value is -4.05. The fourth-order valence-electron chi connectivity index (χ4n) is 3.96. The number of nitrogens with zero attached hydrogens (tertiary/aromatic N) is 4. The van der Waals surface area contributed by atoms with E-state index in [2.05, 4.69) is 15.5 Å². The van der Waals surface area contributed by atoms with Gasteiger partial charge in [0.05, 0.1) is 28.0 Å². The number of hydrogen-bond donors (Lipinski definition) is 1. The van der Waals surface area contributed by atoms with Gasteiger partial charge in [0.25, 0.3) is 5.56 Å². The van der Waals surface area contributed by atoms with Crippen LogP contribution < -0.4 is 10.9 Å². The molecule has 0 aliphatic rings. The highest BCUT2D eigenvalue weighted by Crippen LogP contribution is 2.25. The second-order valence-corrected chi connectivity index (χ2v) is 8.97. The minimum Gasteiger partial charge on any atom is -0.323 e. The van der Waals surface area contributed by atoms with E-state index in [-0.39, 0.29) is 17.0 Å². The zero-order chi connectivity index (χ0) is 24.7. The summed E-state index contributed by atoms with van der Waals surface area (Å²) >= 11 is 1.07. The van der Waals surface area contributed by atoms with Crippen LogP contribution in [0.25, 0.3) is 22.4 Å². The molecule has 1 amide bonds. The summed E-state index contributed by atoms with van der Waals surface area (Å²) in [5, 5.41) is 11.7. The summed E-state index contributed by atoms with van der Waals surface area (Å²) in [6.07, 6.45) is 0. The van der Waals surface area contributed by atoms with Crippen LogP contribution in [0.5, 0.6) is 0 Å². The lowest BCUT2D eigenvalue weighted by Crippen LogP contribution is -2.22. The predicted molar refractivity (Wildman–Crippen MR) is 131 cm³/mol. The molecule has 0 bridgehead atoms. The lowest BCUT2D eigenvalue weighted by atomic mass is 10.1. The van der Waals surface area contributed by atoms with Gasteiger partial charge in [-0.3, -0.25) is 14.0 Å². The van der Waals surface area contributed by atoms with E-state index in [9.17, 15) is 18.4 Å². The van der Waals surface area contributed by atoms with Crippen molar-refractivity contribution in [2.75, 3.05) is 11.1 Å². The first kappa shape index (κ1) is 22.7. The van der Waals surface area contributed by atoms with E-state index >= 15 is 0 Å². The number of anilines is 1. The van der Waals surface area contributed by atoms with Crippen LogP contribution in [0.4, 0.5) is 14.5 Å². The molecule has 0 saturated heterocycles. The summed E-state index contributed by atoms with van der Waals surface area (Å²) in [5.74, 6) is -1.76. The van der Waals surface area contributed by atoms with Crippen molar-refractivity contribution in [3.63, 3.8) is 0 Å². The number of aromatic nitrogens is 4. The molecule has 3 aromatic carbocycles. The van der Waals surface area contributed by atoms with E-state index in [4.69, 9.17) is 0 Å². The van der Waals surface area contributed by atoms with Gasteiger partial charge in [-0.1, -0.05) is 41.6 Å². The van der Waals surface area contributed by atoms with E-state index in [1.54, 1.807) is 28.7 Å². The molecule has 7 nitrogen and oxygen atoms in total. The average Bonchev–Trinajstić information content (AvgIpc) is 3.25. The third-order valence-corrected chi connectivity index (χ3v) is 6.45. The SMILES string of the molecule is Cc1ccc(-n2c(=O)c3ccccc3n3c(SCC(=O)Nc4cc(F)ccc4F)nnc23)c(C)c1. The topological polar surface area (TPSA) is 81.3 Å². The molecule has 0 radical (unpaired) electrons. The monoisotopic (exact) mass is 491 g/mol. The smallest absolute Gasteiger partial charge is 0.267 e. The number of rotatable bonds is 5. The van der Waals surface area contributed by atoms with Crippen molar-refractivity contribution in [3.05, 3.63) is 93.8 Å². The number of carbonyl (C=O) groups excluding carboxylic acids is 1. The molecule has 0 saturated carbocycles. The zero-order valence-corrected chi connectivity index (χ0v) is 19.6. The molecule has 0 aliphatic heterocycles. The Morgan fingerprint density at radius 2 is 1.83 bits per heavy atom. The van der Waals surface area contributed by atoms with Crippen LogP contribution in [0.1, 0.15) is 11.1 Å². The summed E-state index contributed by atoms with van der Waals surface area (Å²) in [6.45, 7) is 3.89. The number of hydrogen-bond acceptors (Lipinski definition) is 5. The lowest BCUT2D eigenvalue weighted by molar-refractivity contribution is -0.113. The third-order valence-electron chi connectivity index (χ3n) is 5.52. The van der Waals surface area contributed by atoms with E-state index < -0.39 is 17.5 Å². The van der Waals surface area contributed by atoms with Crippen LogP contribution in [0, 0.1) is 25.5 Å². The molecule has 0 fully saturated rings. The van der Waals surface area contributed by atoms with Crippen LogP contribution in [0.3, 0.4) is 0 Å². The standard InChI is InChI=1S/C25H19F2N5O2S/c1-14-7-10-20(15(2)11-14)31-23(34)17-5-3-4-6-21(17)32-24(31)29-30-25(32)35-13-22(33)28-19-12-16(26)8-9-18(19)27/h3-12H,13H2,1-2H3,(H,28,33). The number of amides is 1. The Bertz CT molecular complexity index is 1680. The first-order chi connectivity index (χ1) is 16.8. The second kappa shape index (κ2) is 8.95. The molecular formula is C25H19F2N5O2S. The molecule has 5 rings (SSSR count). The van der Waals surface area contributed by atoms with Crippen LogP contribution >= 0.6 is 11.8 Å². The van der Waals surface area contributed by atoms with Crippen LogP contribution in [0.15, 0.2) is 70.6 Å². The van der Waals surface area contributed by atoms with E-state index in [1.807, 2.05) is 32.0 Å². The lowest BCUT2D eigenvalue weighted by Gasteiger charge is -2.13. The Kier molecular flexibility index (Phi) is 5.81. The summed E-state index contributed by atoms with van der Waals surface area (Å²) in [6, 6.07) is 15.7. The largest absolute Gasteiger partial charge is 0.323 e. The number of nitrogens with one attached hydrogen (secondary N) is 1. The normalized spacial score (nSPS) is 11.3. The maximum absolute atomic E-state index is 13.9. The number of carbonyl (C=O) groups is 1. The number of aryl methyl sites for hydroxylation is 2. The highest BCUT2D eigenvalue weighted by molar-refractivity contribution is 7.99. The van der Waals surface area contributed by atoms with Crippen molar-refractivity contribution in [2.24, 2.45) is 0 Å². The molecule has 1 N–H and O–H groups in total. The maximum atomic E-state index is 13.9. The van der Waals surface area contributed by atoms with Gasteiger partial charge in [-0.2, -0.15) is 0 Å². The van der Waals surface area contributed by atoms with Gasteiger partial charge < -0.3 is 5.32 Å². The fourth-order valence-corrected chi connectivity index (χ4v) is 4.70. The second-order valence-electron chi connectivity index (χ2n) is 8.03. The highest BCUT2D eigenvalue weighted by Gasteiger charge is 2.20. The van der Waals surface area contributed by atoms with Crippen LogP contribution in [-0.2, 0) is 4.79 Å². The van der Waals surface area contributed by atoms with Crippen molar-refractivity contribution in [2.45, 2.75) is 19.0 Å². The Labute approximate surface area is 202 Å². The molecule has 10 heteroatoms. The van der Waals surface area contributed by atoms with Crippen molar-refractivity contribution >= 4 is 40.0 Å². The highest BCUT2D eigenvalue weighted by atomic mass is 32.2. The number of para-hydroxylation sites is 1. The van der Waals surface area contributed by atoms with Gasteiger partial charge in [-0.15, -0.1) is 10.2 Å². The molecule has 0 atom stereocenters. The molecule has 5 aromatic rings. The van der Waals surface area contributed by atoms with Gasteiger partial charge in [0, 0.05) is 6.07 Å². The van der Waals surface area contributed by atoms with Gasteiger partial charge in [0.2, 0.25) is 11.7 Å². The molecular weight excluding hydrogens is 472 g/mol. The van der Waals surface area contributed by atoms with Gasteiger partial charge in [0.1, 0.15) is 11.6 Å². The van der Waals surface area contributed by atoms with Crippen LogP contribution in [0.2, 0.25) is 0 Å². The quantitative estimate of drug-likeness (QED) is 0.362. The first-order valence-corrected chi connectivity index (χ1v) is 11.7. The van der Waals surface area contributed by atoms with Crippen molar-refractivity contribution in [1.29, 1.82) is 0 Å². The molecule has 0 spiro atoms. The van der Waals surface area contributed by atoms with E-state index in [0.717, 1.165) is 41.1 Å². The maximum Gasteiger partial charge on any atom is 0.267 e. The number of thioether (sulfide) groups is 1. The number of benzene rings is 3. The van der Waals surface area contributed by atoms with Crippen molar-refractivity contribution < 1.29 is 13.6 Å². The molecule has 0 aliphatic carbocycles. The van der Waals surface area contributed by atoms with Crippen LogP contribution in [-0.4, -0.2) is 30.8 Å². The van der Waals surface area contributed by atoms with E-state index in [0.29, 0.717) is 27.5 Å². The number of halogens is 2. The minimum absolute atomic E-state index is 0.131. The van der Waals surface area contributed by atoms with E-state index in [1.165, 1.54) is 4.57 Å². The fraction of sp³-hybridized carbons (Fsp3) is 0.120. The Morgan fingerprint density at radius 1 is 1.03 bits per heavy atom. The summed E-state index contributed by atoms with van der Waals surface area (Å²) in [7, 11) is 0. The third kappa shape index (κ3) is 4.17. The molecule has 0 unspecified atom stereocenters. The molecule has 2 heterocycles. The van der Waals surface area contributed by atoms with Crippen molar-refractivity contribution in [3.8, 4) is 5.69 Å². The molecule has 2 aromatic heterocycles. The minimum atomic E-state index is -0.735. The predicted octanol–water partition coefficient (Wildman–Crippen LogP) is 4.66. The van der Waals surface area contributed by atoms with Gasteiger partial charge in [-0.05, 0) is 49.7 Å². The first-order valence-electron chi connectivity index (χ1n) is 10.7. The van der Waals surface area contributed by atoms with Gasteiger partial charge in [-0.25, -0.2) is 13.3 Å². The summed E-state index contributed by atoms with van der Waals surface area (Å²) in [4.78, 5) is 25.9. The molecule has 35 heavy (non-hydrogen) atoms. The Balaban J connectivity index is 1.56. The number of fused-ring (bicyclic) bond motifs is 3. The van der Waals surface area contributed by atoms with Gasteiger partial charge >= 0.3 is 0 Å². The summed E-state index contributed by atoms with van der Waals surface area (Å²) in [5.41, 5.74) is 2.77. The zero-order valence-electron chi connectivity index (χ0n) is 18.8. The van der Waals surface area contributed by atoms with Crippen molar-refractivity contribution in [1.82, 2.24) is 19.2 Å². The van der Waals surface area contributed by atoms with Gasteiger partial charge in [0.15, 0.2) is 5.16 Å². The Morgan fingerprint density at radius 3 is 2.63 bits per heavy atom. The summed E-state index contributed by atoms with van der Waals surface area (Å²) < 4.78 is 30.5. The average molecular weight is 492 g/mol.